The lowest BCUT2D eigenvalue weighted by atomic mass is 9.92. The van der Waals surface area contributed by atoms with Crippen molar-refractivity contribution in [3.8, 4) is 0 Å². The molecule has 1 aliphatic carbocycles. The fraction of sp³-hybridized carbons (Fsp3) is 0.0333. The normalized spacial score (nSPS) is 15.2. The third-order valence-corrected chi connectivity index (χ3v) is 20.3. The molecule has 0 fully saturated rings. The van der Waals surface area contributed by atoms with Gasteiger partial charge in [0.1, 0.15) is 0 Å². The highest BCUT2D eigenvalue weighted by Gasteiger charge is 2.42. The molecule has 10 aromatic rings. The standard InChI is InChI=1S/C60H44N2S2Si/c1-5-19-43(20-6-1)61(47-35-37-55-53-31-13-15-33-57(53)63-59(55)41-47)45-23-17-29-51(39-45)65(49-25-9-3-10-26-49,50-27-11-4-12-28-50)52-30-18-24-46(40-52)62(44-21-7-2-8-22-44)48-36-38-56-54-32-14-16-34-58(54)64-60(56)42-48/h1-42,53,57H. The molecule has 1 aromatic heterocycles. The second-order valence-corrected chi connectivity index (χ2v) is 22.9. The molecule has 2 heterocycles. The molecule has 2 aliphatic rings. The van der Waals surface area contributed by atoms with Gasteiger partial charge in [0.05, 0.1) is 0 Å². The van der Waals surface area contributed by atoms with Crippen LogP contribution in [0.25, 0.3) is 20.2 Å². The fourth-order valence-electron chi connectivity index (χ4n) is 10.2. The maximum absolute atomic E-state index is 3.03. The molecule has 0 radical (unpaired) electrons. The van der Waals surface area contributed by atoms with Crippen molar-refractivity contribution in [3.63, 3.8) is 0 Å². The van der Waals surface area contributed by atoms with Gasteiger partial charge in [0.15, 0.2) is 8.07 Å². The molecule has 1 aliphatic heterocycles. The number of para-hydroxylation sites is 2. The molecule has 65 heavy (non-hydrogen) atoms. The van der Waals surface area contributed by atoms with Crippen molar-refractivity contribution in [1.82, 2.24) is 0 Å². The van der Waals surface area contributed by atoms with Gasteiger partial charge in [-0.3, -0.25) is 0 Å². The van der Waals surface area contributed by atoms with Crippen molar-refractivity contribution >= 4 is 106 Å². The van der Waals surface area contributed by atoms with E-state index in [1.807, 2.05) is 23.1 Å². The van der Waals surface area contributed by atoms with Gasteiger partial charge in [-0.25, -0.2) is 0 Å². The van der Waals surface area contributed by atoms with Gasteiger partial charge in [-0.2, -0.15) is 0 Å². The van der Waals surface area contributed by atoms with E-state index in [1.54, 1.807) is 0 Å². The van der Waals surface area contributed by atoms with Gasteiger partial charge in [-0.05, 0) is 105 Å². The van der Waals surface area contributed by atoms with Crippen LogP contribution >= 0.6 is 23.1 Å². The van der Waals surface area contributed by atoms with Crippen LogP contribution in [0.5, 0.6) is 0 Å². The molecule has 2 unspecified atom stereocenters. The minimum Gasteiger partial charge on any atom is -0.310 e. The molecule has 5 heteroatoms. The third-order valence-electron chi connectivity index (χ3n) is 13.1. The van der Waals surface area contributed by atoms with E-state index in [-0.39, 0.29) is 0 Å². The maximum Gasteiger partial charge on any atom is 0.179 e. The van der Waals surface area contributed by atoms with Crippen LogP contribution in [0.4, 0.5) is 34.1 Å². The number of nitrogens with zero attached hydrogens (tertiary/aromatic N) is 2. The number of anilines is 6. The summed E-state index contributed by atoms with van der Waals surface area (Å²) < 4.78 is 2.59. The highest BCUT2D eigenvalue weighted by atomic mass is 32.2. The Morgan fingerprint density at radius 3 is 1.46 bits per heavy atom. The van der Waals surface area contributed by atoms with Crippen molar-refractivity contribution in [2.45, 2.75) is 16.1 Å². The maximum atomic E-state index is 2.49. The number of rotatable bonds is 10. The van der Waals surface area contributed by atoms with E-state index in [2.05, 4.69) is 265 Å². The summed E-state index contributed by atoms with van der Waals surface area (Å²) in [4.78, 5) is 6.24. The molecule has 0 N–H and O–H groups in total. The van der Waals surface area contributed by atoms with Crippen LogP contribution in [0.3, 0.4) is 0 Å². The quantitative estimate of drug-likeness (QED) is 0.0998. The molecule has 9 aromatic carbocycles. The second-order valence-electron chi connectivity index (χ2n) is 16.8. The first-order chi connectivity index (χ1) is 32.2. The molecular formula is C60H44N2S2Si. The Kier molecular flexibility index (Phi) is 10.2. The number of fused-ring (bicyclic) bond motifs is 6. The minimum atomic E-state index is -3.03. The number of hydrogen-bond donors (Lipinski definition) is 0. The number of benzene rings is 9. The fourth-order valence-corrected chi connectivity index (χ4v) is 17.5. The molecule has 0 amide bonds. The first-order valence-electron chi connectivity index (χ1n) is 22.3. The van der Waals surface area contributed by atoms with Gasteiger partial charge in [0.25, 0.3) is 0 Å². The SMILES string of the molecule is C1=CC2Sc3cc(N(c4ccccc4)c4cccc([Si](c5ccccc5)(c5ccccc5)c5cccc(N(c6ccccc6)c6ccc7c(c6)sc6ccccc67)c5)c4)ccc3C2C=C1. The highest BCUT2D eigenvalue weighted by molar-refractivity contribution is 8.00. The largest absolute Gasteiger partial charge is 0.310 e. The molecule has 0 spiro atoms. The Bertz CT molecular complexity index is 3340. The molecule has 0 saturated carbocycles. The van der Waals surface area contributed by atoms with Crippen LogP contribution in [-0.2, 0) is 0 Å². The topological polar surface area (TPSA) is 6.48 Å². The van der Waals surface area contributed by atoms with Crippen molar-refractivity contribution in [1.29, 1.82) is 0 Å². The van der Waals surface area contributed by atoms with E-state index in [0.29, 0.717) is 11.2 Å². The zero-order valence-electron chi connectivity index (χ0n) is 35.6. The van der Waals surface area contributed by atoms with Crippen LogP contribution in [-0.4, -0.2) is 13.3 Å². The average molecular weight is 885 g/mol. The summed E-state index contributed by atoms with van der Waals surface area (Å²) in [5.74, 6) is 0.415. The van der Waals surface area contributed by atoms with Crippen LogP contribution in [0.15, 0.2) is 260 Å². The monoisotopic (exact) mass is 884 g/mol. The molecule has 2 nitrogen and oxygen atoms in total. The highest BCUT2D eigenvalue weighted by Crippen LogP contribution is 2.50. The Morgan fingerprint density at radius 1 is 0.354 bits per heavy atom. The first-order valence-corrected chi connectivity index (χ1v) is 26.0. The van der Waals surface area contributed by atoms with Gasteiger partial charge < -0.3 is 9.80 Å². The predicted octanol–water partition coefficient (Wildman–Crippen LogP) is 14.1. The Balaban J connectivity index is 1.06. The van der Waals surface area contributed by atoms with E-state index < -0.39 is 8.07 Å². The van der Waals surface area contributed by atoms with Gasteiger partial charge in [0.2, 0.25) is 0 Å². The van der Waals surface area contributed by atoms with E-state index in [1.165, 1.54) is 51.4 Å². The molecule has 310 valence electrons. The van der Waals surface area contributed by atoms with Crippen molar-refractivity contribution in [2.75, 3.05) is 9.80 Å². The van der Waals surface area contributed by atoms with Gasteiger partial charge in [-0.1, -0.05) is 176 Å². The lowest BCUT2D eigenvalue weighted by Gasteiger charge is -2.36. The number of allylic oxidation sites excluding steroid dienone is 3. The van der Waals surface area contributed by atoms with Gasteiger partial charge >= 0.3 is 0 Å². The van der Waals surface area contributed by atoms with Crippen LogP contribution in [0, 0.1) is 0 Å². The van der Waals surface area contributed by atoms with Crippen molar-refractivity contribution in [3.05, 3.63) is 260 Å². The van der Waals surface area contributed by atoms with Crippen molar-refractivity contribution in [2.24, 2.45) is 0 Å². The Labute approximate surface area is 390 Å². The summed E-state index contributed by atoms with van der Waals surface area (Å²) in [6, 6.07) is 86.0. The van der Waals surface area contributed by atoms with Gasteiger partial charge in [-0.15, -0.1) is 23.1 Å². The van der Waals surface area contributed by atoms with E-state index in [4.69, 9.17) is 0 Å². The van der Waals surface area contributed by atoms with E-state index in [9.17, 15) is 0 Å². The first kappa shape index (κ1) is 39.4. The number of thiophene rings is 1. The molecule has 12 rings (SSSR count). The Morgan fingerprint density at radius 2 is 0.831 bits per heavy atom. The molecule has 0 saturated heterocycles. The summed E-state index contributed by atoms with van der Waals surface area (Å²) in [6.07, 6.45) is 9.10. The summed E-state index contributed by atoms with van der Waals surface area (Å²) >= 11 is 3.84. The second kappa shape index (κ2) is 16.8. The summed E-state index contributed by atoms with van der Waals surface area (Å²) in [5.41, 5.74) is 8.23. The van der Waals surface area contributed by atoms with Crippen LogP contribution < -0.4 is 30.5 Å². The number of thioether (sulfide) groups is 1. The van der Waals surface area contributed by atoms with Crippen molar-refractivity contribution < 1.29 is 0 Å². The summed E-state index contributed by atoms with van der Waals surface area (Å²) in [5, 5.41) is 8.35. The lowest BCUT2D eigenvalue weighted by molar-refractivity contribution is 0.881. The van der Waals surface area contributed by atoms with Gasteiger partial charge in [0, 0.05) is 70.4 Å². The zero-order chi connectivity index (χ0) is 43.2. The van der Waals surface area contributed by atoms with Crippen LogP contribution in [0.1, 0.15) is 11.5 Å². The smallest absolute Gasteiger partial charge is 0.179 e. The third kappa shape index (κ3) is 6.95. The van der Waals surface area contributed by atoms with E-state index in [0.717, 1.165) is 34.1 Å². The lowest BCUT2D eigenvalue weighted by Crippen LogP contribution is -2.74. The molecular weight excluding hydrogens is 841 g/mol. The average Bonchev–Trinajstić information content (AvgIpc) is 3.94. The van der Waals surface area contributed by atoms with Crippen LogP contribution in [0.2, 0.25) is 0 Å². The summed E-state index contributed by atoms with van der Waals surface area (Å²) in [6.45, 7) is 0. The zero-order valence-corrected chi connectivity index (χ0v) is 38.2. The van der Waals surface area contributed by atoms with E-state index >= 15 is 0 Å². The Hall–Kier alpha value is -7.15. The molecule has 2 atom stereocenters. The number of hydrogen-bond acceptors (Lipinski definition) is 4. The predicted molar refractivity (Wildman–Crippen MR) is 283 cm³/mol. The molecule has 0 bridgehead atoms. The summed E-state index contributed by atoms with van der Waals surface area (Å²) in [7, 11) is -3.03. The minimum absolute atomic E-state index is 0.415.